The Hall–Kier alpha value is -1.06. The summed E-state index contributed by atoms with van der Waals surface area (Å²) in [6.45, 7) is 8.29. The minimum atomic E-state index is -0.168. The van der Waals surface area contributed by atoms with Crippen molar-refractivity contribution in [3.63, 3.8) is 0 Å². The molecule has 3 heteroatoms. The summed E-state index contributed by atoms with van der Waals surface area (Å²) < 4.78 is 11.4. The fourth-order valence-electron chi connectivity index (χ4n) is 2.07. The first kappa shape index (κ1) is 16.0. The van der Waals surface area contributed by atoms with Gasteiger partial charge in [-0.05, 0) is 47.2 Å². The van der Waals surface area contributed by atoms with Crippen molar-refractivity contribution in [3.8, 4) is 5.75 Å². The molecule has 0 saturated carbocycles. The maximum atomic E-state index is 5.90. The molecule has 1 unspecified atom stereocenters. The van der Waals surface area contributed by atoms with E-state index in [2.05, 4.69) is 25.2 Å². The van der Waals surface area contributed by atoms with Gasteiger partial charge in [-0.15, -0.1) is 0 Å². The van der Waals surface area contributed by atoms with Gasteiger partial charge in [0.25, 0.3) is 0 Å². The van der Waals surface area contributed by atoms with Crippen molar-refractivity contribution in [1.82, 2.24) is 5.32 Å². The molecule has 0 fully saturated rings. The number of rotatable bonds is 7. The van der Waals surface area contributed by atoms with Crippen LogP contribution >= 0.6 is 0 Å². The Balaban J connectivity index is 2.98. The van der Waals surface area contributed by atoms with E-state index < -0.39 is 0 Å². The van der Waals surface area contributed by atoms with E-state index in [0.29, 0.717) is 0 Å². The SMILES string of the molecule is CNC(CC(C)(C)OC)c1ccccc1OC(C)C. The Kier molecular flexibility index (Phi) is 5.83. The number of ether oxygens (including phenoxy) is 2. The van der Waals surface area contributed by atoms with Gasteiger partial charge < -0.3 is 14.8 Å². The molecule has 0 aromatic heterocycles. The summed E-state index contributed by atoms with van der Waals surface area (Å²) in [6.07, 6.45) is 1.06. The average molecular weight is 265 g/mol. The van der Waals surface area contributed by atoms with Crippen LogP contribution < -0.4 is 10.1 Å². The van der Waals surface area contributed by atoms with Gasteiger partial charge >= 0.3 is 0 Å². The average Bonchev–Trinajstić information content (AvgIpc) is 2.36. The zero-order chi connectivity index (χ0) is 14.5. The van der Waals surface area contributed by atoms with Crippen LogP contribution in [0.2, 0.25) is 0 Å². The first-order valence-electron chi connectivity index (χ1n) is 6.87. The van der Waals surface area contributed by atoms with Gasteiger partial charge in [-0.1, -0.05) is 18.2 Å². The third-order valence-corrected chi connectivity index (χ3v) is 3.25. The maximum absolute atomic E-state index is 5.90. The molecule has 3 nitrogen and oxygen atoms in total. The van der Waals surface area contributed by atoms with E-state index in [4.69, 9.17) is 9.47 Å². The van der Waals surface area contributed by atoms with Crippen LogP contribution in [0.5, 0.6) is 5.75 Å². The van der Waals surface area contributed by atoms with E-state index in [1.54, 1.807) is 7.11 Å². The van der Waals surface area contributed by atoms with Gasteiger partial charge in [0, 0.05) is 18.7 Å². The second kappa shape index (κ2) is 6.92. The van der Waals surface area contributed by atoms with E-state index in [1.807, 2.05) is 39.1 Å². The lowest BCUT2D eigenvalue weighted by molar-refractivity contribution is 0.00719. The Morgan fingerprint density at radius 2 is 1.84 bits per heavy atom. The largest absolute Gasteiger partial charge is 0.491 e. The molecular weight excluding hydrogens is 238 g/mol. The van der Waals surface area contributed by atoms with Crippen LogP contribution in [0.3, 0.4) is 0 Å². The highest BCUT2D eigenvalue weighted by molar-refractivity contribution is 5.36. The smallest absolute Gasteiger partial charge is 0.124 e. The van der Waals surface area contributed by atoms with Crippen LogP contribution in [0.15, 0.2) is 24.3 Å². The van der Waals surface area contributed by atoms with Crippen LogP contribution in [-0.4, -0.2) is 25.9 Å². The van der Waals surface area contributed by atoms with Gasteiger partial charge in [-0.2, -0.15) is 0 Å². The first-order chi connectivity index (χ1) is 8.89. The highest BCUT2D eigenvalue weighted by Gasteiger charge is 2.25. The van der Waals surface area contributed by atoms with Gasteiger partial charge in [-0.25, -0.2) is 0 Å². The monoisotopic (exact) mass is 265 g/mol. The van der Waals surface area contributed by atoms with E-state index in [1.165, 1.54) is 5.56 Å². The fraction of sp³-hybridized carbons (Fsp3) is 0.625. The predicted octanol–water partition coefficient (Wildman–Crippen LogP) is 3.55. The molecule has 0 amide bonds. The standard InChI is InChI=1S/C16H27NO2/c1-12(2)19-15-10-8-7-9-13(15)14(17-5)11-16(3,4)18-6/h7-10,12,14,17H,11H2,1-6H3. The minimum absolute atomic E-state index is 0.168. The molecule has 0 aliphatic heterocycles. The van der Waals surface area contributed by atoms with Gasteiger partial charge in [0.05, 0.1) is 11.7 Å². The molecular formula is C16H27NO2. The number of nitrogens with one attached hydrogen (secondary N) is 1. The highest BCUT2D eigenvalue weighted by atomic mass is 16.5. The number of hydrogen-bond acceptors (Lipinski definition) is 3. The van der Waals surface area contributed by atoms with Crippen molar-refractivity contribution in [3.05, 3.63) is 29.8 Å². The third kappa shape index (κ3) is 4.84. The number of benzene rings is 1. The summed E-state index contributed by atoms with van der Waals surface area (Å²) >= 11 is 0. The normalized spacial score (nSPS) is 13.6. The molecule has 1 N–H and O–H groups in total. The summed E-state index contributed by atoms with van der Waals surface area (Å²) in [7, 11) is 3.73. The summed E-state index contributed by atoms with van der Waals surface area (Å²) in [4.78, 5) is 0. The van der Waals surface area contributed by atoms with Gasteiger partial charge in [0.1, 0.15) is 5.75 Å². The first-order valence-corrected chi connectivity index (χ1v) is 6.87. The Morgan fingerprint density at radius 1 is 1.21 bits per heavy atom. The number of hydrogen-bond donors (Lipinski definition) is 1. The number of methoxy groups -OCH3 is 1. The number of para-hydroxylation sites is 1. The lowest BCUT2D eigenvalue weighted by Gasteiger charge is -2.29. The van der Waals surface area contributed by atoms with Crippen molar-refractivity contribution < 1.29 is 9.47 Å². The molecule has 0 spiro atoms. The van der Waals surface area contributed by atoms with Crippen molar-refractivity contribution in [1.29, 1.82) is 0 Å². The molecule has 0 heterocycles. The van der Waals surface area contributed by atoms with Crippen molar-refractivity contribution in [2.45, 2.75) is 51.9 Å². The molecule has 0 radical (unpaired) electrons. The highest BCUT2D eigenvalue weighted by Crippen LogP contribution is 2.32. The van der Waals surface area contributed by atoms with Crippen molar-refractivity contribution >= 4 is 0 Å². The maximum Gasteiger partial charge on any atom is 0.124 e. The molecule has 108 valence electrons. The van der Waals surface area contributed by atoms with Gasteiger partial charge in [0.2, 0.25) is 0 Å². The van der Waals surface area contributed by atoms with Crippen molar-refractivity contribution in [2.24, 2.45) is 0 Å². The molecule has 1 aromatic carbocycles. The van der Waals surface area contributed by atoms with E-state index >= 15 is 0 Å². The Bertz CT molecular complexity index is 388. The molecule has 1 aromatic rings. The quantitative estimate of drug-likeness (QED) is 0.818. The molecule has 0 bridgehead atoms. The van der Waals surface area contributed by atoms with Crippen molar-refractivity contribution in [2.75, 3.05) is 14.2 Å². The molecule has 0 saturated heterocycles. The van der Waals surface area contributed by atoms with Gasteiger partial charge in [0.15, 0.2) is 0 Å². The van der Waals surface area contributed by atoms with Crippen LogP contribution in [-0.2, 0) is 4.74 Å². The lowest BCUT2D eigenvalue weighted by Crippen LogP contribution is -2.30. The molecule has 0 aliphatic carbocycles. The molecule has 1 atom stereocenters. The zero-order valence-electron chi connectivity index (χ0n) is 13.0. The summed E-state index contributed by atoms with van der Waals surface area (Å²) in [5.41, 5.74) is 1.02. The fourth-order valence-corrected chi connectivity index (χ4v) is 2.07. The van der Waals surface area contributed by atoms with Gasteiger partial charge in [-0.3, -0.25) is 0 Å². The predicted molar refractivity (Wildman–Crippen MR) is 79.7 cm³/mol. The van der Waals surface area contributed by atoms with E-state index in [0.717, 1.165) is 12.2 Å². The van der Waals surface area contributed by atoms with E-state index in [-0.39, 0.29) is 17.7 Å². The topological polar surface area (TPSA) is 30.5 Å². The molecule has 1 rings (SSSR count). The summed E-state index contributed by atoms with van der Waals surface area (Å²) in [5, 5.41) is 3.36. The zero-order valence-corrected chi connectivity index (χ0v) is 13.0. The Labute approximate surface area is 117 Å². The molecule has 19 heavy (non-hydrogen) atoms. The Morgan fingerprint density at radius 3 is 2.37 bits per heavy atom. The van der Waals surface area contributed by atoms with Crippen LogP contribution in [0, 0.1) is 0 Å². The second-order valence-corrected chi connectivity index (χ2v) is 5.71. The summed E-state index contributed by atoms with van der Waals surface area (Å²) in [6, 6.07) is 8.41. The van der Waals surface area contributed by atoms with Crippen LogP contribution in [0.25, 0.3) is 0 Å². The third-order valence-electron chi connectivity index (χ3n) is 3.25. The van der Waals surface area contributed by atoms with Crippen LogP contribution in [0.1, 0.15) is 45.7 Å². The second-order valence-electron chi connectivity index (χ2n) is 5.71. The summed E-state index contributed by atoms with van der Waals surface area (Å²) in [5.74, 6) is 0.948. The van der Waals surface area contributed by atoms with E-state index in [9.17, 15) is 0 Å². The minimum Gasteiger partial charge on any atom is -0.491 e. The molecule has 0 aliphatic rings. The lowest BCUT2D eigenvalue weighted by atomic mass is 9.93. The van der Waals surface area contributed by atoms with Crippen LogP contribution in [0.4, 0.5) is 0 Å².